The Morgan fingerprint density at radius 1 is 1.47 bits per heavy atom. The average Bonchev–Trinajstić information content (AvgIpc) is 3.04. The molecule has 0 atom stereocenters. The van der Waals surface area contributed by atoms with Crippen LogP contribution in [-0.4, -0.2) is 39.3 Å². The Morgan fingerprint density at radius 2 is 2.32 bits per heavy atom. The van der Waals surface area contributed by atoms with Crippen molar-refractivity contribution in [3.63, 3.8) is 0 Å². The molecule has 0 aromatic carbocycles. The fraction of sp³-hybridized carbons (Fsp3) is 0.538. The first-order valence-electron chi connectivity index (χ1n) is 6.40. The monoisotopic (exact) mass is 281 g/mol. The van der Waals surface area contributed by atoms with Crippen LogP contribution in [0.1, 0.15) is 26.1 Å². The highest BCUT2D eigenvalue weighted by molar-refractivity contribution is 7.08. The Balaban J connectivity index is 2.01. The first-order chi connectivity index (χ1) is 9.20. The van der Waals surface area contributed by atoms with Crippen LogP contribution in [-0.2, 0) is 6.54 Å². The second-order valence-electron chi connectivity index (χ2n) is 4.67. The Bertz CT molecular complexity index is 482. The molecule has 0 radical (unpaired) electrons. The summed E-state index contributed by atoms with van der Waals surface area (Å²) in [5.74, 6) is 1.26. The first kappa shape index (κ1) is 14.2. The van der Waals surface area contributed by atoms with Crippen LogP contribution in [0.5, 0.6) is 0 Å². The molecule has 2 aromatic heterocycles. The molecule has 0 saturated heterocycles. The summed E-state index contributed by atoms with van der Waals surface area (Å²) in [6.45, 7) is 5.92. The standard InChI is InChI=1S/C13H19N3O2S/c1-10(2)16(5-3-6-17)8-12-14-13(18-15-12)11-4-7-19-9-11/h4,7,9-10,17H,3,5-6,8H2,1-2H3. The van der Waals surface area contributed by atoms with Gasteiger partial charge in [0.05, 0.1) is 12.1 Å². The van der Waals surface area contributed by atoms with Crippen LogP contribution in [0, 0.1) is 0 Å². The van der Waals surface area contributed by atoms with Gasteiger partial charge in [-0.25, -0.2) is 0 Å². The van der Waals surface area contributed by atoms with Gasteiger partial charge in [0.25, 0.3) is 5.89 Å². The minimum absolute atomic E-state index is 0.204. The smallest absolute Gasteiger partial charge is 0.258 e. The summed E-state index contributed by atoms with van der Waals surface area (Å²) < 4.78 is 5.26. The average molecular weight is 281 g/mol. The number of rotatable bonds is 7. The Labute approximate surface area is 116 Å². The molecule has 0 aliphatic heterocycles. The molecule has 5 nitrogen and oxygen atoms in total. The summed E-state index contributed by atoms with van der Waals surface area (Å²) in [5, 5.41) is 16.9. The van der Waals surface area contributed by atoms with Crippen molar-refractivity contribution in [1.29, 1.82) is 0 Å². The summed E-state index contributed by atoms with van der Waals surface area (Å²) in [4.78, 5) is 6.63. The van der Waals surface area contributed by atoms with Crippen LogP contribution in [0.15, 0.2) is 21.3 Å². The molecule has 0 saturated carbocycles. The van der Waals surface area contributed by atoms with Crippen molar-refractivity contribution in [1.82, 2.24) is 15.0 Å². The van der Waals surface area contributed by atoms with E-state index >= 15 is 0 Å². The number of aliphatic hydroxyl groups excluding tert-OH is 1. The number of thiophene rings is 1. The highest BCUT2D eigenvalue weighted by Gasteiger charge is 2.15. The molecule has 0 aliphatic rings. The molecule has 0 aliphatic carbocycles. The maximum atomic E-state index is 8.92. The zero-order valence-electron chi connectivity index (χ0n) is 11.2. The van der Waals surface area contributed by atoms with Crippen molar-refractivity contribution in [3.05, 3.63) is 22.7 Å². The number of aromatic nitrogens is 2. The van der Waals surface area contributed by atoms with E-state index in [2.05, 4.69) is 28.9 Å². The topological polar surface area (TPSA) is 62.4 Å². The number of hydrogen-bond donors (Lipinski definition) is 1. The van der Waals surface area contributed by atoms with Gasteiger partial charge in [0, 0.05) is 24.6 Å². The maximum absolute atomic E-state index is 8.92. The molecular formula is C13H19N3O2S. The fourth-order valence-electron chi connectivity index (χ4n) is 1.80. The lowest BCUT2D eigenvalue weighted by atomic mass is 10.3. The largest absolute Gasteiger partial charge is 0.396 e. The van der Waals surface area contributed by atoms with Gasteiger partial charge in [0.2, 0.25) is 0 Å². The third-order valence-corrected chi connectivity index (χ3v) is 3.60. The summed E-state index contributed by atoms with van der Waals surface area (Å²) in [6.07, 6.45) is 0.757. The number of nitrogens with zero attached hydrogens (tertiary/aromatic N) is 3. The summed E-state index contributed by atoms with van der Waals surface area (Å²) in [7, 11) is 0. The molecule has 2 heterocycles. The van der Waals surface area contributed by atoms with Gasteiger partial charge in [0.1, 0.15) is 0 Å². The Morgan fingerprint density at radius 3 is 2.95 bits per heavy atom. The van der Waals surface area contributed by atoms with E-state index in [1.807, 2.05) is 16.8 Å². The number of aliphatic hydroxyl groups is 1. The van der Waals surface area contributed by atoms with Crippen LogP contribution in [0.3, 0.4) is 0 Å². The van der Waals surface area contributed by atoms with Gasteiger partial charge in [0.15, 0.2) is 5.82 Å². The molecule has 0 unspecified atom stereocenters. The molecule has 6 heteroatoms. The summed E-state index contributed by atoms with van der Waals surface area (Å²) >= 11 is 1.61. The lowest BCUT2D eigenvalue weighted by molar-refractivity contribution is 0.179. The van der Waals surface area contributed by atoms with E-state index in [9.17, 15) is 0 Å². The van der Waals surface area contributed by atoms with Crippen molar-refractivity contribution in [3.8, 4) is 11.5 Å². The Kier molecular flexibility index (Phi) is 5.07. The van der Waals surface area contributed by atoms with Gasteiger partial charge < -0.3 is 9.63 Å². The molecule has 0 spiro atoms. The molecule has 0 fully saturated rings. The Hall–Kier alpha value is -1.24. The van der Waals surface area contributed by atoms with Crippen molar-refractivity contribution in [2.24, 2.45) is 0 Å². The molecule has 104 valence electrons. The normalized spacial score (nSPS) is 11.6. The molecule has 0 amide bonds. The second-order valence-corrected chi connectivity index (χ2v) is 5.45. The van der Waals surface area contributed by atoms with Crippen molar-refractivity contribution in [2.45, 2.75) is 32.9 Å². The van der Waals surface area contributed by atoms with E-state index in [-0.39, 0.29) is 6.61 Å². The fourth-order valence-corrected chi connectivity index (χ4v) is 2.43. The minimum atomic E-state index is 0.204. The summed E-state index contributed by atoms with van der Waals surface area (Å²) in [5.41, 5.74) is 0.968. The second kappa shape index (κ2) is 6.79. The van der Waals surface area contributed by atoms with Gasteiger partial charge in [-0.1, -0.05) is 5.16 Å². The highest BCUT2D eigenvalue weighted by atomic mass is 32.1. The van der Waals surface area contributed by atoms with E-state index in [1.54, 1.807) is 11.3 Å². The molecular weight excluding hydrogens is 262 g/mol. The molecule has 2 rings (SSSR count). The maximum Gasteiger partial charge on any atom is 0.258 e. The highest BCUT2D eigenvalue weighted by Crippen LogP contribution is 2.20. The van der Waals surface area contributed by atoms with Crippen molar-refractivity contribution >= 4 is 11.3 Å². The lowest BCUT2D eigenvalue weighted by Gasteiger charge is -2.24. The molecule has 1 N–H and O–H groups in total. The predicted octanol–water partition coefficient (Wildman–Crippen LogP) is 2.39. The van der Waals surface area contributed by atoms with Gasteiger partial charge in [-0.15, -0.1) is 0 Å². The lowest BCUT2D eigenvalue weighted by Crippen LogP contribution is -2.32. The number of hydrogen-bond acceptors (Lipinski definition) is 6. The van der Waals surface area contributed by atoms with E-state index in [1.165, 1.54) is 0 Å². The van der Waals surface area contributed by atoms with E-state index in [0.29, 0.717) is 24.3 Å². The van der Waals surface area contributed by atoms with Crippen LogP contribution >= 0.6 is 11.3 Å². The van der Waals surface area contributed by atoms with Crippen LogP contribution in [0.2, 0.25) is 0 Å². The third kappa shape index (κ3) is 3.86. The van der Waals surface area contributed by atoms with Gasteiger partial charge in [-0.3, -0.25) is 4.90 Å². The van der Waals surface area contributed by atoms with Gasteiger partial charge in [-0.05, 0) is 31.7 Å². The zero-order chi connectivity index (χ0) is 13.7. The SMILES string of the molecule is CC(C)N(CCCO)Cc1noc(-c2ccsc2)n1. The van der Waals surface area contributed by atoms with E-state index in [4.69, 9.17) is 9.63 Å². The van der Waals surface area contributed by atoms with Gasteiger partial charge in [-0.2, -0.15) is 16.3 Å². The van der Waals surface area contributed by atoms with Crippen LogP contribution in [0.4, 0.5) is 0 Å². The quantitative estimate of drug-likeness (QED) is 0.844. The minimum Gasteiger partial charge on any atom is -0.396 e. The van der Waals surface area contributed by atoms with Gasteiger partial charge >= 0.3 is 0 Å². The predicted molar refractivity (Wildman–Crippen MR) is 74.9 cm³/mol. The summed E-state index contributed by atoms with van der Waals surface area (Å²) in [6, 6.07) is 2.35. The molecule has 19 heavy (non-hydrogen) atoms. The van der Waals surface area contributed by atoms with Crippen molar-refractivity contribution < 1.29 is 9.63 Å². The first-order valence-corrected chi connectivity index (χ1v) is 7.35. The zero-order valence-corrected chi connectivity index (χ0v) is 12.1. The van der Waals surface area contributed by atoms with E-state index in [0.717, 1.165) is 18.5 Å². The molecule has 2 aromatic rings. The van der Waals surface area contributed by atoms with Crippen LogP contribution < -0.4 is 0 Å². The molecule has 0 bridgehead atoms. The van der Waals surface area contributed by atoms with Crippen LogP contribution in [0.25, 0.3) is 11.5 Å². The van der Waals surface area contributed by atoms with E-state index < -0.39 is 0 Å². The van der Waals surface area contributed by atoms with Crippen molar-refractivity contribution in [2.75, 3.05) is 13.2 Å². The third-order valence-electron chi connectivity index (χ3n) is 2.91.